The average molecular weight is 385 g/mol. The molecule has 3 rings (SSSR count). The molecule has 0 aliphatic carbocycles. The molecule has 0 saturated carbocycles. The lowest BCUT2D eigenvalue weighted by molar-refractivity contribution is 0.0952. The van der Waals surface area contributed by atoms with Crippen molar-refractivity contribution in [3.8, 4) is 0 Å². The molecule has 4 nitrogen and oxygen atoms in total. The van der Waals surface area contributed by atoms with Crippen LogP contribution in [-0.4, -0.2) is 24.9 Å². The Kier molecular flexibility index (Phi) is 6.51. The summed E-state index contributed by atoms with van der Waals surface area (Å²) in [6.07, 6.45) is 4.98. The van der Waals surface area contributed by atoms with Crippen LogP contribution in [0.3, 0.4) is 0 Å². The van der Waals surface area contributed by atoms with Gasteiger partial charge in [0.15, 0.2) is 0 Å². The summed E-state index contributed by atoms with van der Waals surface area (Å²) < 4.78 is 0. The van der Waals surface area contributed by atoms with E-state index in [1.807, 2.05) is 12.1 Å². The Morgan fingerprint density at radius 3 is 2.74 bits per heavy atom. The van der Waals surface area contributed by atoms with Crippen LogP contribution in [0.4, 0.5) is 5.69 Å². The van der Waals surface area contributed by atoms with Gasteiger partial charge in [-0.1, -0.05) is 37.4 Å². The molecule has 0 saturated heterocycles. The van der Waals surface area contributed by atoms with Crippen molar-refractivity contribution in [2.45, 2.75) is 39.0 Å². The third kappa shape index (κ3) is 4.69. The SMILES string of the molecule is CCCCCNC(=O)c1ccc2c(c1)CCCN2C(=O)c1cccc(Cl)c1. The predicted molar refractivity (Wildman–Crippen MR) is 110 cm³/mol. The van der Waals surface area contributed by atoms with Crippen LogP contribution >= 0.6 is 11.6 Å². The maximum absolute atomic E-state index is 12.9. The number of nitrogens with zero attached hydrogens (tertiary/aromatic N) is 1. The minimum Gasteiger partial charge on any atom is -0.352 e. The topological polar surface area (TPSA) is 49.4 Å². The third-order valence-corrected chi connectivity index (χ3v) is 5.08. The molecule has 27 heavy (non-hydrogen) atoms. The number of nitrogens with one attached hydrogen (secondary N) is 1. The Morgan fingerprint density at radius 1 is 1.11 bits per heavy atom. The molecule has 1 aliphatic rings. The molecular weight excluding hydrogens is 360 g/mol. The van der Waals surface area contributed by atoms with E-state index in [2.05, 4.69) is 12.2 Å². The molecule has 2 aromatic carbocycles. The molecule has 0 radical (unpaired) electrons. The summed E-state index contributed by atoms with van der Waals surface area (Å²) in [4.78, 5) is 27.1. The molecule has 1 aliphatic heterocycles. The lowest BCUT2D eigenvalue weighted by Gasteiger charge is -2.30. The van der Waals surface area contributed by atoms with Crippen molar-refractivity contribution in [2.24, 2.45) is 0 Å². The Morgan fingerprint density at radius 2 is 1.96 bits per heavy atom. The second-order valence-electron chi connectivity index (χ2n) is 6.88. The fourth-order valence-electron chi connectivity index (χ4n) is 3.41. The molecule has 0 atom stereocenters. The molecule has 1 N–H and O–H groups in total. The zero-order valence-corrected chi connectivity index (χ0v) is 16.4. The van der Waals surface area contributed by atoms with Crippen LogP contribution in [0.1, 0.15) is 58.9 Å². The quantitative estimate of drug-likeness (QED) is 0.723. The number of rotatable bonds is 6. The number of benzene rings is 2. The lowest BCUT2D eigenvalue weighted by Crippen LogP contribution is -2.35. The van der Waals surface area contributed by atoms with Gasteiger partial charge in [0.1, 0.15) is 0 Å². The van der Waals surface area contributed by atoms with E-state index in [1.165, 1.54) is 0 Å². The van der Waals surface area contributed by atoms with Crippen molar-refractivity contribution >= 4 is 29.1 Å². The second kappa shape index (κ2) is 9.05. The van der Waals surface area contributed by atoms with Gasteiger partial charge < -0.3 is 10.2 Å². The largest absolute Gasteiger partial charge is 0.352 e. The van der Waals surface area contributed by atoms with Crippen molar-refractivity contribution in [1.82, 2.24) is 5.32 Å². The van der Waals surface area contributed by atoms with E-state index >= 15 is 0 Å². The molecule has 142 valence electrons. The van der Waals surface area contributed by atoms with Crippen molar-refractivity contribution < 1.29 is 9.59 Å². The highest BCUT2D eigenvalue weighted by atomic mass is 35.5. The van der Waals surface area contributed by atoms with Crippen LogP contribution in [0, 0.1) is 0 Å². The molecule has 0 unspecified atom stereocenters. The number of fused-ring (bicyclic) bond motifs is 1. The predicted octanol–water partition coefficient (Wildman–Crippen LogP) is 4.85. The zero-order valence-electron chi connectivity index (χ0n) is 15.6. The van der Waals surface area contributed by atoms with Crippen molar-refractivity contribution in [3.63, 3.8) is 0 Å². The fourth-order valence-corrected chi connectivity index (χ4v) is 3.60. The van der Waals surface area contributed by atoms with Crippen molar-refractivity contribution in [2.75, 3.05) is 18.0 Å². The van der Waals surface area contributed by atoms with Crippen molar-refractivity contribution in [1.29, 1.82) is 0 Å². The summed E-state index contributed by atoms with van der Waals surface area (Å²) in [7, 11) is 0. The summed E-state index contributed by atoms with van der Waals surface area (Å²) in [5.74, 6) is -0.109. The normalized spacial score (nSPS) is 13.2. The van der Waals surface area contributed by atoms with E-state index in [9.17, 15) is 9.59 Å². The van der Waals surface area contributed by atoms with Crippen LogP contribution in [0.15, 0.2) is 42.5 Å². The average Bonchev–Trinajstić information content (AvgIpc) is 2.69. The third-order valence-electron chi connectivity index (χ3n) is 4.84. The maximum Gasteiger partial charge on any atom is 0.258 e. The number of aryl methyl sites for hydroxylation is 1. The van der Waals surface area contributed by atoms with E-state index in [-0.39, 0.29) is 11.8 Å². The summed E-state index contributed by atoms with van der Waals surface area (Å²) in [6.45, 7) is 3.51. The minimum absolute atomic E-state index is 0.0489. The number of carbonyl (C=O) groups is 2. The van der Waals surface area contributed by atoms with E-state index in [0.717, 1.165) is 43.4 Å². The first-order valence-electron chi connectivity index (χ1n) is 9.58. The standard InChI is InChI=1S/C22H25ClN2O2/c1-2-3-4-12-24-21(26)17-10-11-20-16(14-17)8-6-13-25(20)22(27)18-7-5-9-19(23)15-18/h5,7,9-11,14-15H,2-4,6,8,12-13H2,1H3,(H,24,26). The summed E-state index contributed by atoms with van der Waals surface area (Å²) in [5.41, 5.74) is 3.15. The Balaban J connectivity index is 1.76. The molecule has 5 heteroatoms. The Bertz CT molecular complexity index is 835. The van der Waals surface area contributed by atoms with E-state index in [0.29, 0.717) is 29.2 Å². The molecular formula is C22H25ClN2O2. The highest BCUT2D eigenvalue weighted by molar-refractivity contribution is 6.31. The number of hydrogen-bond donors (Lipinski definition) is 1. The molecule has 1 heterocycles. The smallest absolute Gasteiger partial charge is 0.258 e. The Labute approximate surface area is 165 Å². The van der Waals surface area contributed by atoms with Gasteiger partial charge in [0.25, 0.3) is 11.8 Å². The van der Waals surface area contributed by atoms with Gasteiger partial charge in [0.05, 0.1) is 0 Å². The molecule has 2 amide bonds. The molecule has 0 spiro atoms. The van der Waals surface area contributed by atoms with Gasteiger partial charge >= 0.3 is 0 Å². The molecule has 0 aromatic heterocycles. The van der Waals surface area contributed by atoms with Gasteiger partial charge in [-0.2, -0.15) is 0 Å². The second-order valence-corrected chi connectivity index (χ2v) is 7.31. The number of halogens is 1. The van der Waals surface area contributed by atoms with E-state index in [4.69, 9.17) is 11.6 Å². The van der Waals surface area contributed by atoms with E-state index in [1.54, 1.807) is 35.2 Å². The number of unbranched alkanes of at least 4 members (excludes halogenated alkanes) is 2. The monoisotopic (exact) mass is 384 g/mol. The Hall–Kier alpha value is -2.33. The van der Waals surface area contributed by atoms with Gasteiger partial charge in [0, 0.05) is 34.9 Å². The van der Waals surface area contributed by atoms with Crippen LogP contribution < -0.4 is 10.2 Å². The number of anilines is 1. The van der Waals surface area contributed by atoms with Gasteiger partial charge in [0.2, 0.25) is 0 Å². The molecule has 0 bridgehead atoms. The van der Waals surface area contributed by atoms with Gasteiger partial charge in [-0.25, -0.2) is 0 Å². The van der Waals surface area contributed by atoms with Gasteiger partial charge in [-0.15, -0.1) is 0 Å². The number of hydrogen-bond acceptors (Lipinski definition) is 2. The summed E-state index contributed by atoms with van der Waals surface area (Å²) >= 11 is 6.03. The first-order valence-corrected chi connectivity index (χ1v) is 9.96. The van der Waals surface area contributed by atoms with Crippen molar-refractivity contribution in [3.05, 3.63) is 64.2 Å². The van der Waals surface area contributed by atoms with Crippen LogP contribution in [-0.2, 0) is 6.42 Å². The molecule has 2 aromatic rings. The van der Waals surface area contributed by atoms with Gasteiger partial charge in [-0.05, 0) is 61.2 Å². The minimum atomic E-state index is -0.0600. The first kappa shape index (κ1) is 19.4. The lowest BCUT2D eigenvalue weighted by atomic mass is 9.98. The van der Waals surface area contributed by atoms with Crippen LogP contribution in [0.5, 0.6) is 0 Å². The van der Waals surface area contributed by atoms with Crippen LogP contribution in [0.2, 0.25) is 5.02 Å². The summed E-state index contributed by atoms with van der Waals surface area (Å²) in [6, 6.07) is 12.6. The molecule has 0 fully saturated rings. The fraction of sp³-hybridized carbons (Fsp3) is 0.364. The maximum atomic E-state index is 12.9. The number of amides is 2. The van der Waals surface area contributed by atoms with Gasteiger partial charge in [-0.3, -0.25) is 9.59 Å². The highest BCUT2D eigenvalue weighted by Crippen LogP contribution is 2.29. The first-order chi connectivity index (χ1) is 13.1. The summed E-state index contributed by atoms with van der Waals surface area (Å²) in [5, 5.41) is 3.52. The van der Waals surface area contributed by atoms with Crippen LogP contribution in [0.25, 0.3) is 0 Å². The van der Waals surface area contributed by atoms with E-state index < -0.39 is 0 Å². The zero-order chi connectivity index (χ0) is 19.2. The highest BCUT2D eigenvalue weighted by Gasteiger charge is 2.24. The number of carbonyl (C=O) groups excluding carboxylic acids is 2.